The van der Waals surface area contributed by atoms with Gasteiger partial charge in [-0.15, -0.1) is 0 Å². The third kappa shape index (κ3) is 5.50. The number of rotatable bonds is 8. The third-order valence-electron chi connectivity index (χ3n) is 5.15. The van der Waals surface area contributed by atoms with E-state index in [1.165, 1.54) is 6.33 Å². The topological polar surface area (TPSA) is 101 Å². The maximum Gasteiger partial charge on any atom is 0.322 e. The van der Waals surface area contributed by atoms with Crippen LogP contribution in [0.2, 0.25) is 25.7 Å². The van der Waals surface area contributed by atoms with Crippen molar-refractivity contribution < 1.29 is 9.47 Å². The van der Waals surface area contributed by atoms with E-state index in [-0.39, 0.29) is 0 Å². The largest absolute Gasteiger partial charge is 0.424 e. The molecule has 0 saturated heterocycles. The van der Waals surface area contributed by atoms with Crippen LogP contribution in [0.4, 0.5) is 5.82 Å². The highest BCUT2D eigenvalue weighted by Crippen LogP contribution is 2.38. The maximum absolute atomic E-state index is 6.29. The van der Waals surface area contributed by atoms with Gasteiger partial charge in [0.1, 0.15) is 30.3 Å². The number of hydrogen-bond acceptors (Lipinski definition) is 7. The number of nitrogens with zero attached hydrogens (tertiary/aromatic N) is 5. The Hall–Kier alpha value is -2.57. The number of fused-ring (bicyclic) bond motifs is 1. The predicted octanol–water partition coefficient (Wildman–Crippen LogP) is 5.49. The van der Waals surface area contributed by atoms with E-state index in [1.807, 2.05) is 37.3 Å². The fraction of sp³-hybridized carbons (Fsp3) is 0.304. The number of aromatic nitrogens is 5. The van der Waals surface area contributed by atoms with Gasteiger partial charge in [0.15, 0.2) is 0 Å². The van der Waals surface area contributed by atoms with E-state index in [1.54, 1.807) is 6.20 Å². The highest BCUT2D eigenvalue weighted by atomic mass is 127. The number of hydrogen-bond donors (Lipinski definition) is 1. The second-order valence-electron chi connectivity index (χ2n) is 9.01. The van der Waals surface area contributed by atoms with Crippen molar-refractivity contribution in [3.8, 4) is 22.9 Å². The molecule has 3 aromatic heterocycles. The summed E-state index contributed by atoms with van der Waals surface area (Å²) in [6.07, 6.45) is 3.17. The highest BCUT2D eigenvalue weighted by molar-refractivity contribution is 14.1. The molecule has 0 amide bonds. The Morgan fingerprint density at radius 1 is 1.06 bits per heavy atom. The Morgan fingerprint density at radius 3 is 2.52 bits per heavy atom. The van der Waals surface area contributed by atoms with Gasteiger partial charge in [-0.2, -0.15) is 0 Å². The van der Waals surface area contributed by atoms with Crippen molar-refractivity contribution in [2.24, 2.45) is 0 Å². The van der Waals surface area contributed by atoms with Gasteiger partial charge in [0, 0.05) is 32.1 Å². The summed E-state index contributed by atoms with van der Waals surface area (Å²) >= 11 is 2.33. The third-order valence-corrected chi connectivity index (χ3v) is 7.97. The number of ether oxygens (including phenoxy) is 2. The fourth-order valence-electron chi connectivity index (χ4n) is 3.35. The molecule has 3 heterocycles. The van der Waals surface area contributed by atoms with E-state index in [9.17, 15) is 0 Å². The van der Waals surface area contributed by atoms with Crippen LogP contribution in [0.1, 0.15) is 5.69 Å². The summed E-state index contributed by atoms with van der Waals surface area (Å²) in [7, 11) is -1.16. The lowest BCUT2D eigenvalue weighted by Gasteiger charge is -2.16. The Morgan fingerprint density at radius 2 is 1.82 bits per heavy atom. The lowest BCUT2D eigenvalue weighted by molar-refractivity contribution is 0.0884. The van der Waals surface area contributed by atoms with Gasteiger partial charge in [0.2, 0.25) is 0 Å². The molecule has 0 aliphatic carbocycles. The fourth-order valence-corrected chi connectivity index (χ4v) is 5.06. The number of anilines is 1. The van der Waals surface area contributed by atoms with Crippen LogP contribution < -0.4 is 10.5 Å². The molecule has 0 fully saturated rings. The first-order valence-electron chi connectivity index (χ1n) is 10.7. The van der Waals surface area contributed by atoms with Gasteiger partial charge in [0.25, 0.3) is 0 Å². The first kappa shape index (κ1) is 23.6. The molecule has 0 radical (unpaired) electrons. The highest BCUT2D eigenvalue weighted by Gasteiger charge is 2.21. The molecule has 0 unspecified atom stereocenters. The first-order valence-corrected chi connectivity index (χ1v) is 15.5. The molecule has 1 aromatic carbocycles. The first-order chi connectivity index (χ1) is 15.7. The van der Waals surface area contributed by atoms with Crippen LogP contribution in [0.5, 0.6) is 11.8 Å². The standard InChI is InChI=1S/C23H27IN6O2Si/c1-15-9-10-26-23(29-15)32-17-7-5-16(6-8-17)18-19-21(25)27-13-28-22(19)30(20(18)24)14-31-11-12-33(2,3)4/h5-10,13H,11-12,14H2,1-4H3,(H2,25,27,28). The van der Waals surface area contributed by atoms with Crippen LogP contribution in [-0.4, -0.2) is 39.2 Å². The van der Waals surface area contributed by atoms with Crippen molar-refractivity contribution in [2.45, 2.75) is 39.3 Å². The van der Waals surface area contributed by atoms with E-state index >= 15 is 0 Å². The quantitative estimate of drug-likeness (QED) is 0.169. The summed E-state index contributed by atoms with van der Waals surface area (Å²) in [6.45, 7) is 10.1. The minimum Gasteiger partial charge on any atom is -0.424 e. The van der Waals surface area contributed by atoms with Crippen molar-refractivity contribution in [1.29, 1.82) is 0 Å². The Labute approximate surface area is 207 Å². The molecule has 4 rings (SSSR count). The molecule has 2 N–H and O–H groups in total. The van der Waals surface area contributed by atoms with Crippen molar-refractivity contribution in [3.05, 3.63) is 52.3 Å². The summed E-state index contributed by atoms with van der Waals surface area (Å²) in [5.74, 6) is 1.10. The molecule has 33 heavy (non-hydrogen) atoms. The van der Waals surface area contributed by atoms with E-state index in [2.05, 4.69) is 66.7 Å². The minimum atomic E-state index is -1.16. The lowest BCUT2D eigenvalue weighted by atomic mass is 10.1. The number of benzene rings is 1. The summed E-state index contributed by atoms with van der Waals surface area (Å²) < 4.78 is 14.9. The van der Waals surface area contributed by atoms with Crippen molar-refractivity contribution >= 4 is 47.5 Å². The van der Waals surface area contributed by atoms with E-state index in [0.29, 0.717) is 24.3 Å². The average Bonchev–Trinajstić information content (AvgIpc) is 3.04. The monoisotopic (exact) mass is 574 g/mol. The van der Waals surface area contributed by atoms with Crippen LogP contribution in [-0.2, 0) is 11.5 Å². The summed E-state index contributed by atoms with van der Waals surface area (Å²) in [6, 6.07) is 11.0. The molecule has 0 saturated carbocycles. The normalized spacial score (nSPS) is 11.8. The lowest BCUT2D eigenvalue weighted by Crippen LogP contribution is -2.22. The number of nitrogen functional groups attached to an aromatic ring is 1. The minimum absolute atomic E-state index is 0.321. The van der Waals surface area contributed by atoms with Gasteiger partial charge in [-0.25, -0.2) is 19.9 Å². The summed E-state index contributed by atoms with van der Waals surface area (Å²) in [4.78, 5) is 17.2. The van der Waals surface area contributed by atoms with E-state index in [0.717, 1.165) is 44.2 Å². The molecule has 0 spiro atoms. The van der Waals surface area contributed by atoms with Crippen molar-refractivity contribution in [2.75, 3.05) is 12.3 Å². The van der Waals surface area contributed by atoms with Crippen LogP contribution in [0.3, 0.4) is 0 Å². The van der Waals surface area contributed by atoms with Crippen molar-refractivity contribution in [1.82, 2.24) is 24.5 Å². The zero-order valence-electron chi connectivity index (χ0n) is 19.2. The van der Waals surface area contributed by atoms with Crippen LogP contribution in [0.15, 0.2) is 42.9 Å². The van der Waals surface area contributed by atoms with Gasteiger partial charge in [-0.05, 0) is 59.3 Å². The van der Waals surface area contributed by atoms with Gasteiger partial charge in [-0.1, -0.05) is 31.8 Å². The van der Waals surface area contributed by atoms with Crippen LogP contribution in [0, 0.1) is 10.6 Å². The zero-order chi connectivity index (χ0) is 23.6. The molecule has 8 nitrogen and oxygen atoms in total. The Balaban J connectivity index is 1.64. The smallest absolute Gasteiger partial charge is 0.322 e. The molecule has 172 valence electrons. The number of nitrogens with two attached hydrogens (primary N) is 1. The average molecular weight is 574 g/mol. The molecule has 0 atom stereocenters. The molecule has 0 aliphatic heterocycles. The van der Waals surface area contributed by atoms with Gasteiger partial charge in [-0.3, -0.25) is 4.57 Å². The second kappa shape index (κ2) is 9.73. The maximum atomic E-state index is 6.29. The Kier molecular flexibility index (Phi) is 6.96. The van der Waals surface area contributed by atoms with Gasteiger partial charge >= 0.3 is 6.01 Å². The SMILES string of the molecule is Cc1ccnc(Oc2ccc(-c3c(I)n(COCC[Si](C)(C)C)c4ncnc(N)c34)cc2)n1. The van der Waals surface area contributed by atoms with Gasteiger partial charge < -0.3 is 15.2 Å². The summed E-state index contributed by atoms with van der Waals surface area (Å²) in [5.41, 5.74) is 9.88. The molecule has 0 bridgehead atoms. The Bertz CT molecular complexity index is 1270. The zero-order valence-corrected chi connectivity index (χ0v) is 22.3. The molecule has 4 aromatic rings. The molecular weight excluding hydrogens is 547 g/mol. The van der Waals surface area contributed by atoms with Crippen LogP contribution in [0.25, 0.3) is 22.2 Å². The summed E-state index contributed by atoms with van der Waals surface area (Å²) in [5, 5.41) is 0.825. The predicted molar refractivity (Wildman–Crippen MR) is 141 cm³/mol. The number of aryl methyl sites for hydroxylation is 1. The molecule has 10 heteroatoms. The van der Waals surface area contributed by atoms with Gasteiger partial charge in [0.05, 0.1) is 9.09 Å². The number of halogens is 1. The second-order valence-corrected chi connectivity index (χ2v) is 15.6. The van der Waals surface area contributed by atoms with E-state index in [4.69, 9.17) is 15.2 Å². The van der Waals surface area contributed by atoms with Crippen molar-refractivity contribution in [3.63, 3.8) is 0 Å². The molecular formula is C23H27IN6O2Si. The van der Waals surface area contributed by atoms with E-state index < -0.39 is 8.07 Å². The molecule has 0 aliphatic rings. The van der Waals surface area contributed by atoms with Crippen LogP contribution >= 0.6 is 22.6 Å².